The number of rotatable bonds is 1. The van der Waals surface area contributed by atoms with Crippen LogP contribution in [-0.2, 0) is 0 Å². The van der Waals surface area contributed by atoms with Crippen molar-refractivity contribution in [3.8, 4) is 0 Å². The summed E-state index contributed by atoms with van der Waals surface area (Å²) in [5, 5.41) is 0. The van der Waals surface area contributed by atoms with Crippen molar-refractivity contribution in [2.24, 2.45) is 0 Å². The highest BCUT2D eigenvalue weighted by atomic mass is 15.3. The van der Waals surface area contributed by atoms with Crippen molar-refractivity contribution in [2.75, 3.05) is 26.7 Å². The molecule has 1 aliphatic heterocycles. The van der Waals surface area contributed by atoms with Gasteiger partial charge in [0.1, 0.15) is 0 Å². The standard InChI is InChI=1S/C7H14N/c1-3-8(2)6-4-5-7-8/h4-5H,3,6-7H2,1-2H3/q+1. The summed E-state index contributed by atoms with van der Waals surface area (Å²) in [6.07, 6.45) is 4.53. The van der Waals surface area contributed by atoms with Gasteiger partial charge in [-0.25, -0.2) is 0 Å². The molecular weight excluding hydrogens is 98.1 g/mol. The Morgan fingerprint density at radius 1 is 1.38 bits per heavy atom. The van der Waals surface area contributed by atoms with Crippen LogP contribution in [0.5, 0.6) is 0 Å². The Bertz CT molecular complexity index is 97.0. The molecule has 8 heavy (non-hydrogen) atoms. The Hall–Kier alpha value is -0.300. The molecule has 0 saturated heterocycles. The second kappa shape index (κ2) is 1.90. The number of likely N-dealkylation sites (N-methyl/N-ethyl adjacent to an activating group) is 1. The molecule has 0 spiro atoms. The first-order valence-electron chi connectivity index (χ1n) is 3.25. The van der Waals surface area contributed by atoms with Crippen LogP contribution in [0.15, 0.2) is 12.2 Å². The van der Waals surface area contributed by atoms with Crippen LogP contribution in [0.25, 0.3) is 0 Å². The highest BCUT2D eigenvalue weighted by molar-refractivity contribution is 4.87. The van der Waals surface area contributed by atoms with Gasteiger partial charge >= 0.3 is 0 Å². The van der Waals surface area contributed by atoms with E-state index in [4.69, 9.17) is 0 Å². The predicted octanol–water partition coefficient (Wildman–Crippen LogP) is 1.02. The molecular formula is C7H14N+. The van der Waals surface area contributed by atoms with Crippen molar-refractivity contribution >= 4 is 0 Å². The van der Waals surface area contributed by atoms with Gasteiger partial charge in [0, 0.05) is 0 Å². The van der Waals surface area contributed by atoms with E-state index in [2.05, 4.69) is 26.1 Å². The molecule has 0 bridgehead atoms. The highest BCUT2D eigenvalue weighted by Gasteiger charge is 2.18. The van der Waals surface area contributed by atoms with E-state index in [-0.39, 0.29) is 0 Å². The molecule has 1 rings (SSSR count). The van der Waals surface area contributed by atoms with Crippen LogP contribution in [0.4, 0.5) is 0 Å². The minimum Gasteiger partial charge on any atom is -0.320 e. The van der Waals surface area contributed by atoms with E-state index in [9.17, 15) is 0 Å². The van der Waals surface area contributed by atoms with E-state index in [0.717, 1.165) is 0 Å². The summed E-state index contributed by atoms with van der Waals surface area (Å²) in [5.41, 5.74) is 0. The van der Waals surface area contributed by atoms with Gasteiger partial charge in [-0.1, -0.05) is 0 Å². The van der Waals surface area contributed by atoms with Crippen LogP contribution < -0.4 is 0 Å². The summed E-state index contributed by atoms with van der Waals surface area (Å²) < 4.78 is 1.21. The average molecular weight is 112 g/mol. The van der Waals surface area contributed by atoms with Gasteiger partial charge < -0.3 is 4.48 Å². The third-order valence-corrected chi connectivity index (χ3v) is 2.02. The first kappa shape index (κ1) is 5.83. The lowest BCUT2D eigenvalue weighted by molar-refractivity contribution is -0.891. The maximum Gasteiger partial charge on any atom is 0.0976 e. The molecule has 46 valence electrons. The second-order valence-corrected chi connectivity index (χ2v) is 2.77. The van der Waals surface area contributed by atoms with Crippen LogP contribution in [0.3, 0.4) is 0 Å². The molecule has 1 heterocycles. The fourth-order valence-electron chi connectivity index (χ4n) is 0.991. The van der Waals surface area contributed by atoms with E-state index in [0.29, 0.717) is 0 Å². The first-order valence-corrected chi connectivity index (χ1v) is 3.25. The summed E-state index contributed by atoms with van der Waals surface area (Å²) >= 11 is 0. The second-order valence-electron chi connectivity index (χ2n) is 2.77. The summed E-state index contributed by atoms with van der Waals surface area (Å²) in [6, 6.07) is 0. The maximum atomic E-state index is 2.29. The molecule has 1 aliphatic rings. The molecule has 0 aliphatic carbocycles. The fraction of sp³-hybridized carbons (Fsp3) is 0.714. The maximum absolute atomic E-state index is 2.29. The topological polar surface area (TPSA) is 0 Å². The van der Waals surface area contributed by atoms with E-state index in [1.54, 1.807) is 0 Å². The Balaban J connectivity index is 2.46. The van der Waals surface area contributed by atoms with Gasteiger partial charge in [-0.15, -0.1) is 0 Å². The van der Waals surface area contributed by atoms with Crippen molar-refractivity contribution in [2.45, 2.75) is 6.92 Å². The number of quaternary nitrogens is 1. The molecule has 0 aromatic rings. The zero-order valence-electron chi connectivity index (χ0n) is 5.72. The van der Waals surface area contributed by atoms with Crippen molar-refractivity contribution in [3.63, 3.8) is 0 Å². The van der Waals surface area contributed by atoms with Gasteiger partial charge in [0.15, 0.2) is 0 Å². The molecule has 1 heteroatoms. The lowest BCUT2D eigenvalue weighted by atomic mass is 10.5. The van der Waals surface area contributed by atoms with Crippen molar-refractivity contribution in [1.82, 2.24) is 0 Å². The van der Waals surface area contributed by atoms with Crippen molar-refractivity contribution in [3.05, 3.63) is 12.2 Å². The van der Waals surface area contributed by atoms with Crippen molar-refractivity contribution < 1.29 is 4.48 Å². The van der Waals surface area contributed by atoms with Gasteiger partial charge in [-0.05, 0) is 19.1 Å². The van der Waals surface area contributed by atoms with Crippen LogP contribution >= 0.6 is 0 Å². The van der Waals surface area contributed by atoms with E-state index >= 15 is 0 Å². The third kappa shape index (κ3) is 0.920. The minimum absolute atomic E-state index is 1.21. The SMILES string of the molecule is CC[N+]1(C)CC=CC1. The number of hydrogen-bond donors (Lipinski definition) is 0. The average Bonchev–Trinajstić information content (AvgIpc) is 2.17. The summed E-state index contributed by atoms with van der Waals surface area (Å²) in [6.45, 7) is 5.97. The molecule has 0 N–H and O–H groups in total. The largest absolute Gasteiger partial charge is 0.320 e. The Kier molecular flexibility index (Phi) is 1.39. The van der Waals surface area contributed by atoms with Crippen LogP contribution in [-0.4, -0.2) is 31.2 Å². The zero-order valence-corrected chi connectivity index (χ0v) is 5.72. The van der Waals surface area contributed by atoms with Gasteiger partial charge in [0.05, 0.1) is 26.7 Å². The number of hydrogen-bond acceptors (Lipinski definition) is 0. The summed E-state index contributed by atoms with van der Waals surface area (Å²) in [7, 11) is 2.29. The Labute approximate surface area is 51.2 Å². The zero-order chi connectivity index (χ0) is 6.04. The molecule has 0 fully saturated rings. The molecule has 0 unspecified atom stereocenters. The molecule has 0 saturated carbocycles. The quantitative estimate of drug-likeness (QED) is 0.351. The van der Waals surface area contributed by atoms with Gasteiger partial charge in [-0.3, -0.25) is 0 Å². The monoisotopic (exact) mass is 112 g/mol. The molecule has 1 nitrogen and oxygen atoms in total. The van der Waals surface area contributed by atoms with Crippen LogP contribution in [0.2, 0.25) is 0 Å². The lowest BCUT2D eigenvalue weighted by Gasteiger charge is -2.26. The van der Waals surface area contributed by atoms with E-state index in [1.165, 1.54) is 24.1 Å². The normalized spacial score (nSPS) is 24.2. The third-order valence-electron chi connectivity index (χ3n) is 2.02. The Morgan fingerprint density at radius 3 is 2.12 bits per heavy atom. The predicted molar refractivity (Wildman–Crippen MR) is 35.6 cm³/mol. The smallest absolute Gasteiger partial charge is 0.0976 e. The minimum atomic E-state index is 1.21. The van der Waals surface area contributed by atoms with Gasteiger partial charge in [-0.2, -0.15) is 0 Å². The number of nitrogens with zero attached hydrogens (tertiary/aromatic N) is 1. The van der Waals surface area contributed by atoms with Crippen molar-refractivity contribution in [1.29, 1.82) is 0 Å². The molecule has 0 atom stereocenters. The molecule has 0 aromatic carbocycles. The lowest BCUT2D eigenvalue weighted by Crippen LogP contribution is -2.40. The molecule has 0 radical (unpaired) electrons. The highest BCUT2D eigenvalue weighted by Crippen LogP contribution is 2.07. The first-order chi connectivity index (χ1) is 3.77. The van der Waals surface area contributed by atoms with E-state index in [1.807, 2.05) is 0 Å². The van der Waals surface area contributed by atoms with Crippen LogP contribution in [0, 0.1) is 0 Å². The molecule has 0 aromatic heterocycles. The fourth-order valence-corrected chi connectivity index (χ4v) is 0.991. The summed E-state index contributed by atoms with van der Waals surface area (Å²) in [4.78, 5) is 0. The summed E-state index contributed by atoms with van der Waals surface area (Å²) in [5.74, 6) is 0. The van der Waals surface area contributed by atoms with E-state index < -0.39 is 0 Å². The molecule has 0 amide bonds. The van der Waals surface area contributed by atoms with Gasteiger partial charge in [0.2, 0.25) is 0 Å². The van der Waals surface area contributed by atoms with Crippen LogP contribution in [0.1, 0.15) is 6.92 Å². The van der Waals surface area contributed by atoms with Gasteiger partial charge in [0.25, 0.3) is 0 Å². The Morgan fingerprint density at radius 2 is 1.88 bits per heavy atom.